The van der Waals surface area contributed by atoms with Crippen LogP contribution in [0, 0.1) is 11.8 Å². The van der Waals surface area contributed by atoms with Crippen molar-refractivity contribution in [1.29, 1.82) is 0 Å². The maximum absolute atomic E-state index is 12.6. The molecule has 5 atom stereocenters. The maximum atomic E-state index is 12.6. The van der Waals surface area contributed by atoms with E-state index < -0.39 is 12.2 Å². The predicted octanol–water partition coefficient (Wildman–Crippen LogP) is 7.10. The minimum atomic E-state index is -0.545. The Bertz CT molecular complexity index is 963. The van der Waals surface area contributed by atoms with Gasteiger partial charge in [0.05, 0.1) is 12.2 Å². The van der Waals surface area contributed by atoms with Gasteiger partial charge in [0.1, 0.15) is 12.2 Å². The van der Waals surface area contributed by atoms with Crippen LogP contribution in [0.2, 0.25) is 0 Å². The normalized spacial score (nSPS) is 24.9. The van der Waals surface area contributed by atoms with E-state index in [1.165, 1.54) is 6.08 Å². The van der Waals surface area contributed by atoms with Crippen LogP contribution < -0.4 is 0 Å². The van der Waals surface area contributed by atoms with Gasteiger partial charge in [-0.25, -0.2) is 4.79 Å². The average molecular weight is 557 g/mol. The number of cyclic esters (lactones) is 1. The zero-order valence-electron chi connectivity index (χ0n) is 25.6. The Morgan fingerprint density at radius 2 is 1.75 bits per heavy atom. The molecule has 2 N–H and O–H groups in total. The van der Waals surface area contributed by atoms with E-state index in [4.69, 9.17) is 9.47 Å². The molecule has 0 aromatic heterocycles. The lowest BCUT2D eigenvalue weighted by Crippen LogP contribution is -2.26. The second kappa shape index (κ2) is 19.4. The zero-order chi connectivity index (χ0) is 30.1. The number of carbonyl (C=O) groups is 2. The number of rotatable bonds is 11. The van der Waals surface area contributed by atoms with Gasteiger partial charge in [0.15, 0.2) is 0 Å². The second-order valence-electron chi connectivity index (χ2n) is 11.5. The minimum absolute atomic E-state index is 0.101. The molecule has 0 amide bonds. The first kappa shape index (κ1) is 35.3. The van der Waals surface area contributed by atoms with Gasteiger partial charge in [-0.2, -0.15) is 0 Å². The molecule has 0 spiro atoms. The molecule has 1 aliphatic rings. The van der Waals surface area contributed by atoms with E-state index in [0.717, 1.165) is 23.1 Å². The number of hydrogen-bond acceptors (Lipinski definition) is 6. The van der Waals surface area contributed by atoms with Gasteiger partial charge in [0.2, 0.25) is 0 Å². The molecule has 0 fully saturated rings. The molecule has 0 unspecified atom stereocenters. The Balaban J connectivity index is 2.69. The number of ether oxygens (including phenoxy) is 2. The summed E-state index contributed by atoms with van der Waals surface area (Å²) < 4.78 is 11.5. The van der Waals surface area contributed by atoms with Crippen molar-refractivity contribution in [2.45, 2.75) is 118 Å². The van der Waals surface area contributed by atoms with Crippen LogP contribution in [0.4, 0.5) is 0 Å². The van der Waals surface area contributed by atoms with E-state index in [1.54, 1.807) is 13.0 Å². The fraction of sp³-hybridized carbons (Fsp3) is 0.588. The van der Waals surface area contributed by atoms with Crippen molar-refractivity contribution in [3.63, 3.8) is 0 Å². The van der Waals surface area contributed by atoms with Crippen LogP contribution in [0.1, 0.15) is 93.4 Å². The number of allylic oxidation sites excluding steroid dienone is 9. The lowest BCUT2D eigenvalue weighted by molar-refractivity contribution is -0.151. The lowest BCUT2D eigenvalue weighted by Gasteiger charge is -2.24. The topological polar surface area (TPSA) is 93.1 Å². The van der Waals surface area contributed by atoms with Gasteiger partial charge >= 0.3 is 11.9 Å². The van der Waals surface area contributed by atoms with Gasteiger partial charge in [-0.3, -0.25) is 4.79 Å². The number of aliphatic hydroxyl groups is 2. The highest BCUT2D eigenvalue weighted by Crippen LogP contribution is 2.22. The molecule has 224 valence electrons. The highest BCUT2D eigenvalue weighted by atomic mass is 16.5. The first-order valence-electron chi connectivity index (χ1n) is 14.7. The molecular formula is C34H52O6. The highest BCUT2D eigenvalue weighted by molar-refractivity contribution is 5.82. The van der Waals surface area contributed by atoms with E-state index in [0.29, 0.717) is 38.5 Å². The predicted molar refractivity (Wildman–Crippen MR) is 162 cm³/mol. The average Bonchev–Trinajstić information content (AvgIpc) is 2.86. The van der Waals surface area contributed by atoms with Crippen molar-refractivity contribution in [3.05, 3.63) is 71.4 Å². The van der Waals surface area contributed by atoms with Crippen LogP contribution in [0.25, 0.3) is 0 Å². The van der Waals surface area contributed by atoms with Gasteiger partial charge in [0, 0.05) is 18.9 Å². The monoisotopic (exact) mass is 556 g/mol. The molecule has 0 bridgehead atoms. The molecule has 6 nitrogen and oxygen atoms in total. The Labute approximate surface area is 242 Å². The summed E-state index contributed by atoms with van der Waals surface area (Å²) in [6.45, 7) is 13.8. The third-order valence-corrected chi connectivity index (χ3v) is 6.82. The maximum Gasteiger partial charge on any atom is 0.331 e. The van der Waals surface area contributed by atoms with E-state index in [9.17, 15) is 19.8 Å². The van der Waals surface area contributed by atoms with Crippen LogP contribution in [0.3, 0.4) is 0 Å². The second-order valence-corrected chi connectivity index (χ2v) is 11.5. The van der Waals surface area contributed by atoms with Crippen molar-refractivity contribution in [2.24, 2.45) is 11.8 Å². The van der Waals surface area contributed by atoms with Crippen molar-refractivity contribution < 1.29 is 29.3 Å². The van der Waals surface area contributed by atoms with E-state index in [-0.39, 0.29) is 36.0 Å². The van der Waals surface area contributed by atoms with Crippen molar-refractivity contribution in [3.8, 4) is 0 Å². The fourth-order valence-corrected chi connectivity index (χ4v) is 4.36. The standard InChI is InChI=1S/C34H52O6/c1-24(2)31-15-9-8-14-28(6)32(16-11-17-33(37)39-31)40-34(38)21-19-27(5)22-26(4)13-10-12-25(3)18-20-30(36)23-29(7)35/h8-10,12-13,18-19,21-22,24,28-32,35-36H,11,14-17,20,23H2,1-7H3/b9-8+,12-10?,21-19+,25-18+,26-13?,27-22+/t28-,29-,30-,31+,32-/m0/s1. The first-order valence-corrected chi connectivity index (χ1v) is 14.7. The summed E-state index contributed by atoms with van der Waals surface area (Å²) in [5.41, 5.74) is 2.98. The molecule has 0 aliphatic carbocycles. The summed E-state index contributed by atoms with van der Waals surface area (Å²) in [5.74, 6) is -0.165. The van der Waals surface area contributed by atoms with Crippen LogP contribution in [-0.4, -0.2) is 46.6 Å². The minimum Gasteiger partial charge on any atom is -0.462 e. The largest absolute Gasteiger partial charge is 0.462 e. The Morgan fingerprint density at radius 1 is 1.05 bits per heavy atom. The smallest absolute Gasteiger partial charge is 0.331 e. The molecular weight excluding hydrogens is 504 g/mol. The molecule has 1 rings (SSSR count). The van der Waals surface area contributed by atoms with Gasteiger partial charge in [-0.1, -0.05) is 86.1 Å². The quantitative estimate of drug-likeness (QED) is 0.122. The van der Waals surface area contributed by atoms with Crippen molar-refractivity contribution in [2.75, 3.05) is 0 Å². The molecule has 0 saturated carbocycles. The zero-order valence-corrected chi connectivity index (χ0v) is 25.6. The van der Waals surface area contributed by atoms with Gasteiger partial charge < -0.3 is 19.7 Å². The van der Waals surface area contributed by atoms with Crippen LogP contribution in [-0.2, 0) is 19.1 Å². The van der Waals surface area contributed by atoms with Crippen LogP contribution in [0.15, 0.2) is 71.4 Å². The molecule has 0 radical (unpaired) electrons. The Kier molecular flexibility index (Phi) is 17.1. The molecule has 1 heterocycles. The summed E-state index contributed by atoms with van der Waals surface area (Å²) in [5, 5.41) is 19.2. The summed E-state index contributed by atoms with van der Waals surface area (Å²) in [4.78, 5) is 24.9. The fourth-order valence-electron chi connectivity index (χ4n) is 4.36. The molecule has 0 saturated heterocycles. The third kappa shape index (κ3) is 16.4. The summed E-state index contributed by atoms with van der Waals surface area (Å²) in [7, 11) is 0. The van der Waals surface area contributed by atoms with E-state index in [2.05, 4.69) is 32.9 Å². The molecule has 6 heteroatoms. The first-order chi connectivity index (χ1) is 18.9. The summed E-state index contributed by atoms with van der Waals surface area (Å²) in [6.07, 6.45) is 19.7. The third-order valence-electron chi connectivity index (χ3n) is 6.82. The molecule has 40 heavy (non-hydrogen) atoms. The van der Waals surface area contributed by atoms with Crippen molar-refractivity contribution >= 4 is 11.9 Å². The van der Waals surface area contributed by atoms with Gasteiger partial charge in [-0.15, -0.1) is 0 Å². The molecule has 0 aromatic rings. The van der Waals surface area contributed by atoms with Crippen LogP contribution >= 0.6 is 0 Å². The number of esters is 2. The van der Waals surface area contributed by atoms with E-state index >= 15 is 0 Å². The number of carbonyl (C=O) groups excluding carboxylic acids is 2. The SMILES string of the molecule is CC(=CC=C/C(C)=C/C[C@H](O)C[C@H](C)O)/C=C(C)/C=C/C(=O)O[C@H]1CCCC(=O)O[C@@H](C(C)C)C/C=C/C[C@@H]1C. The number of hydrogen-bond donors (Lipinski definition) is 2. The highest BCUT2D eigenvalue weighted by Gasteiger charge is 2.23. The van der Waals surface area contributed by atoms with Gasteiger partial charge in [0.25, 0.3) is 0 Å². The molecule has 0 aromatic carbocycles. The summed E-state index contributed by atoms with van der Waals surface area (Å²) >= 11 is 0. The van der Waals surface area contributed by atoms with Crippen LogP contribution in [0.5, 0.6) is 0 Å². The summed E-state index contributed by atoms with van der Waals surface area (Å²) in [6, 6.07) is 0. The molecule has 1 aliphatic heterocycles. The van der Waals surface area contributed by atoms with Crippen molar-refractivity contribution in [1.82, 2.24) is 0 Å². The number of aliphatic hydroxyl groups excluding tert-OH is 2. The Morgan fingerprint density at radius 3 is 2.42 bits per heavy atom. The van der Waals surface area contributed by atoms with E-state index in [1.807, 2.05) is 51.2 Å². The van der Waals surface area contributed by atoms with Gasteiger partial charge in [-0.05, 0) is 71.6 Å². The Hall–Kier alpha value is -2.70. The lowest BCUT2D eigenvalue weighted by atomic mass is 9.94.